The molecule has 0 aliphatic heterocycles. The number of nitrogen functional groups attached to an aromatic ring is 1. The van der Waals surface area contributed by atoms with E-state index in [1.165, 1.54) is 6.07 Å². The predicted octanol–water partition coefficient (Wildman–Crippen LogP) is 1.69. The van der Waals surface area contributed by atoms with E-state index in [9.17, 15) is 9.90 Å². The smallest absolute Gasteiger partial charge is 0.337 e. The van der Waals surface area contributed by atoms with Crippen LogP contribution in [0.15, 0.2) is 36.9 Å². The molecule has 106 valence electrons. The summed E-state index contributed by atoms with van der Waals surface area (Å²) >= 11 is 0. The number of hydrogen-bond acceptors (Lipinski definition) is 4. The van der Waals surface area contributed by atoms with Gasteiger partial charge in [0.15, 0.2) is 0 Å². The highest BCUT2D eigenvalue weighted by Gasteiger charge is 2.13. The first kappa shape index (κ1) is 13.9. The molecule has 0 aliphatic carbocycles. The van der Waals surface area contributed by atoms with Gasteiger partial charge in [-0.15, -0.1) is 0 Å². The molecule has 3 N–H and O–H groups in total. The van der Waals surface area contributed by atoms with E-state index >= 15 is 0 Å². The first-order valence-electron chi connectivity index (χ1n) is 6.37. The highest BCUT2D eigenvalue weighted by atomic mass is 16.4. The number of benzene rings is 1. The van der Waals surface area contributed by atoms with Crippen LogP contribution in [-0.2, 0) is 6.54 Å². The Bertz CT molecular complexity index is 581. The third-order valence-electron chi connectivity index (χ3n) is 3.13. The van der Waals surface area contributed by atoms with Crippen molar-refractivity contribution in [2.45, 2.75) is 13.0 Å². The van der Waals surface area contributed by atoms with Gasteiger partial charge >= 0.3 is 5.97 Å². The zero-order valence-electron chi connectivity index (χ0n) is 11.4. The Morgan fingerprint density at radius 3 is 2.95 bits per heavy atom. The van der Waals surface area contributed by atoms with E-state index in [0.29, 0.717) is 11.4 Å². The number of carboxylic acids is 1. The topological polar surface area (TPSA) is 84.4 Å². The summed E-state index contributed by atoms with van der Waals surface area (Å²) < 4.78 is 1.99. The van der Waals surface area contributed by atoms with Crippen LogP contribution in [0.25, 0.3) is 0 Å². The second-order valence-electron chi connectivity index (χ2n) is 4.66. The SMILES string of the molecule is CN(CCCn1ccnc1)c1ccc(N)cc1C(=O)O. The quantitative estimate of drug-likeness (QED) is 0.783. The number of anilines is 2. The maximum absolute atomic E-state index is 11.2. The largest absolute Gasteiger partial charge is 0.478 e. The number of carbonyl (C=O) groups is 1. The Balaban J connectivity index is 2.01. The second kappa shape index (κ2) is 6.10. The average Bonchev–Trinajstić information content (AvgIpc) is 2.91. The summed E-state index contributed by atoms with van der Waals surface area (Å²) in [6, 6.07) is 4.95. The first-order chi connectivity index (χ1) is 9.58. The number of carboxylic acid groups (broad SMARTS) is 1. The van der Waals surface area contributed by atoms with Crippen LogP contribution in [0, 0.1) is 0 Å². The summed E-state index contributed by atoms with van der Waals surface area (Å²) in [7, 11) is 1.88. The number of aromatic carboxylic acids is 1. The van der Waals surface area contributed by atoms with E-state index in [1.807, 2.05) is 22.7 Å². The molecule has 0 saturated carbocycles. The lowest BCUT2D eigenvalue weighted by molar-refractivity contribution is 0.0697. The summed E-state index contributed by atoms with van der Waals surface area (Å²) in [4.78, 5) is 17.2. The lowest BCUT2D eigenvalue weighted by Crippen LogP contribution is -2.22. The fourth-order valence-corrected chi connectivity index (χ4v) is 2.09. The first-order valence-corrected chi connectivity index (χ1v) is 6.37. The van der Waals surface area contributed by atoms with E-state index in [1.54, 1.807) is 24.7 Å². The number of hydrogen-bond donors (Lipinski definition) is 2. The number of aromatic nitrogens is 2. The molecule has 0 saturated heterocycles. The van der Waals surface area contributed by atoms with Gasteiger partial charge < -0.3 is 20.3 Å². The van der Waals surface area contributed by atoms with Crippen molar-refractivity contribution in [3.63, 3.8) is 0 Å². The van der Waals surface area contributed by atoms with Crippen LogP contribution >= 0.6 is 0 Å². The van der Waals surface area contributed by atoms with Gasteiger partial charge in [0.1, 0.15) is 0 Å². The Kier molecular flexibility index (Phi) is 4.24. The molecule has 0 atom stereocenters. The number of rotatable bonds is 6. The Labute approximate surface area is 117 Å². The standard InChI is InChI=1S/C14H18N4O2/c1-17(6-2-7-18-8-5-16-10-18)13-4-3-11(15)9-12(13)14(19)20/h3-5,8-10H,2,6-7,15H2,1H3,(H,19,20). The molecule has 1 aromatic heterocycles. The molecule has 0 unspecified atom stereocenters. The highest BCUT2D eigenvalue weighted by molar-refractivity contribution is 5.95. The lowest BCUT2D eigenvalue weighted by Gasteiger charge is -2.21. The molecule has 6 heteroatoms. The van der Waals surface area contributed by atoms with Gasteiger partial charge in [0.2, 0.25) is 0 Å². The Morgan fingerprint density at radius 2 is 2.30 bits per heavy atom. The third kappa shape index (κ3) is 3.28. The molecule has 0 bridgehead atoms. The van der Waals surface area contributed by atoms with E-state index in [2.05, 4.69) is 4.98 Å². The lowest BCUT2D eigenvalue weighted by atomic mass is 10.1. The molecule has 1 heterocycles. The maximum Gasteiger partial charge on any atom is 0.337 e. The average molecular weight is 274 g/mol. The van der Waals surface area contributed by atoms with Crippen LogP contribution in [0.2, 0.25) is 0 Å². The van der Waals surface area contributed by atoms with E-state index in [-0.39, 0.29) is 5.56 Å². The van der Waals surface area contributed by atoms with E-state index in [0.717, 1.165) is 19.5 Å². The van der Waals surface area contributed by atoms with E-state index in [4.69, 9.17) is 5.73 Å². The van der Waals surface area contributed by atoms with Crippen molar-refractivity contribution in [1.82, 2.24) is 9.55 Å². The van der Waals surface area contributed by atoms with Crippen molar-refractivity contribution < 1.29 is 9.90 Å². The minimum atomic E-state index is -0.964. The number of nitrogens with zero attached hydrogens (tertiary/aromatic N) is 3. The zero-order valence-corrected chi connectivity index (χ0v) is 11.4. The van der Waals surface area contributed by atoms with Gasteiger partial charge in [-0.05, 0) is 24.6 Å². The highest BCUT2D eigenvalue weighted by Crippen LogP contribution is 2.22. The predicted molar refractivity (Wildman–Crippen MR) is 77.9 cm³/mol. The van der Waals surface area contributed by atoms with Crippen LogP contribution in [0.5, 0.6) is 0 Å². The van der Waals surface area contributed by atoms with Crippen LogP contribution in [-0.4, -0.2) is 34.2 Å². The van der Waals surface area contributed by atoms with Gasteiger partial charge in [0.05, 0.1) is 17.6 Å². The van der Waals surface area contributed by atoms with Crippen molar-refractivity contribution in [2.24, 2.45) is 0 Å². The third-order valence-corrected chi connectivity index (χ3v) is 3.13. The molecule has 0 spiro atoms. The van der Waals surface area contributed by atoms with Crippen LogP contribution in [0.3, 0.4) is 0 Å². The summed E-state index contributed by atoms with van der Waals surface area (Å²) in [6.07, 6.45) is 6.32. The zero-order chi connectivity index (χ0) is 14.5. The van der Waals surface area contributed by atoms with Crippen LogP contribution in [0.4, 0.5) is 11.4 Å². The van der Waals surface area contributed by atoms with Gasteiger partial charge in [-0.3, -0.25) is 0 Å². The second-order valence-corrected chi connectivity index (χ2v) is 4.66. The molecule has 20 heavy (non-hydrogen) atoms. The molecule has 1 aromatic carbocycles. The molecular formula is C14H18N4O2. The minimum Gasteiger partial charge on any atom is -0.478 e. The van der Waals surface area contributed by atoms with Gasteiger partial charge in [-0.1, -0.05) is 0 Å². The number of aryl methyl sites for hydroxylation is 1. The summed E-state index contributed by atoms with van der Waals surface area (Å²) in [5, 5.41) is 9.22. The molecular weight excluding hydrogens is 256 g/mol. The van der Waals surface area contributed by atoms with Crippen LogP contribution in [0.1, 0.15) is 16.8 Å². The number of imidazole rings is 1. The van der Waals surface area contributed by atoms with Gasteiger partial charge in [0, 0.05) is 38.2 Å². The summed E-state index contributed by atoms with van der Waals surface area (Å²) in [5.41, 5.74) is 7.00. The minimum absolute atomic E-state index is 0.232. The van der Waals surface area contributed by atoms with Gasteiger partial charge in [0.25, 0.3) is 0 Å². The van der Waals surface area contributed by atoms with Gasteiger partial charge in [-0.2, -0.15) is 0 Å². The summed E-state index contributed by atoms with van der Waals surface area (Å²) in [5.74, 6) is -0.964. The molecule has 0 aliphatic rings. The monoisotopic (exact) mass is 274 g/mol. The molecule has 2 rings (SSSR count). The van der Waals surface area contributed by atoms with E-state index < -0.39 is 5.97 Å². The maximum atomic E-state index is 11.2. The van der Waals surface area contributed by atoms with Crippen molar-refractivity contribution in [1.29, 1.82) is 0 Å². The fraction of sp³-hybridized carbons (Fsp3) is 0.286. The molecule has 0 fully saturated rings. The fourth-order valence-electron chi connectivity index (χ4n) is 2.09. The van der Waals surface area contributed by atoms with Gasteiger partial charge in [-0.25, -0.2) is 9.78 Å². The number of nitrogens with two attached hydrogens (primary N) is 1. The summed E-state index contributed by atoms with van der Waals surface area (Å²) in [6.45, 7) is 1.60. The molecule has 6 nitrogen and oxygen atoms in total. The Morgan fingerprint density at radius 1 is 1.50 bits per heavy atom. The Hall–Kier alpha value is -2.50. The van der Waals surface area contributed by atoms with Crippen molar-refractivity contribution in [3.05, 3.63) is 42.5 Å². The van der Waals surface area contributed by atoms with Crippen molar-refractivity contribution in [2.75, 3.05) is 24.2 Å². The molecule has 0 radical (unpaired) electrons. The normalized spacial score (nSPS) is 10.4. The van der Waals surface area contributed by atoms with Crippen molar-refractivity contribution >= 4 is 17.3 Å². The van der Waals surface area contributed by atoms with Crippen molar-refractivity contribution in [3.8, 4) is 0 Å². The molecule has 0 amide bonds. The van der Waals surface area contributed by atoms with Crippen LogP contribution < -0.4 is 10.6 Å². The molecule has 2 aromatic rings.